The Morgan fingerprint density at radius 2 is 1.94 bits per heavy atom. The SMILES string of the molecule is CC(C)(C)SCC(O)Cc1c(F)ccc(Br)c1F. The van der Waals surface area contributed by atoms with E-state index in [1.165, 1.54) is 12.1 Å². The molecule has 102 valence electrons. The van der Waals surface area contributed by atoms with Crippen LogP contribution >= 0.6 is 27.7 Å². The molecule has 0 aliphatic rings. The largest absolute Gasteiger partial charge is 0.392 e. The first-order valence-corrected chi connectivity index (χ1v) is 7.43. The monoisotopic (exact) mass is 338 g/mol. The van der Waals surface area contributed by atoms with E-state index in [-0.39, 0.29) is 21.2 Å². The Morgan fingerprint density at radius 1 is 1.33 bits per heavy atom. The number of rotatable bonds is 4. The topological polar surface area (TPSA) is 20.2 Å². The predicted molar refractivity (Wildman–Crippen MR) is 76.0 cm³/mol. The van der Waals surface area contributed by atoms with Crippen molar-refractivity contribution in [1.29, 1.82) is 0 Å². The van der Waals surface area contributed by atoms with Gasteiger partial charge in [-0.25, -0.2) is 8.78 Å². The van der Waals surface area contributed by atoms with E-state index >= 15 is 0 Å². The Hall–Kier alpha value is -0.130. The average Bonchev–Trinajstić information content (AvgIpc) is 2.26. The third-order valence-corrected chi connectivity index (χ3v) is 4.32. The molecule has 18 heavy (non-hydrogen) atoms. The summed E-state index contributed by atoms with van der Waals surface area (Å²) in [6.07, 6.45) is -0.771. The smallest absolute Gasteiger partial charge is 0.143 e. The van der Waals surface area contributed by atoms with Gasteiger partial charge in [-0.1, -0.05) is 20.8 Å². The minimum atomic E-state index is -0.757. The van der Waals surface area contributed by atoms with Crippen molar-refractivity contribution < 1.29 is 13.9 Å². The van der Waals surface area contributed by atoms with Crippen LogP contribution in [0.1, 0.15) is 26.3 Å². The second-order valence-electron chi connectivity index (χ2n) is 5.10. The maximum absolute atomic E-state index is 13.7. The summed E-state index contributed by atoms with van der Waals surface area (Å²) in [6.45, 7) is 6.10. The van der Waals surface area contributed by atoms with Gasteiger partial charge < -0.3 is 5.11 Å². The Labute approximate surface area is 119 Å². The number of aliphatic hydroxyl groups excluding tert-OH is 1. The number of thioether (sulfide) groups is 1. The summed E-state index contributed by atoms with van der Waals surface area (Å²) in [5.74, 6) is -0.792. The molecule has 0 aromatic heterocycles. The summed E-state index contributed by atoms with van der Waals surface area (Å²) in [4.78, 5) is 0. The molecule has 5 heteroatoms. The van der Waals surface area contributed by atoms with Gasteiger partial charge in [-0.15, -0.1) is 0 Å². The zero-order chi connectivity index (χ0) is 13.9. The first kappa shape index (κ1) is 15.9. The van der Waals surface area contributed by atoms with E-state index in [4.69, 9.17) is 0 Å². The lowest BCUT2D eigenvalue weighted by Gasteiger charge is -2.20. The quantitative estimate of drug-likeness (QED) is 0.831. The number of hydrogen-bond donors (Lipinski definition) is 1. The van der Waals surface area contributed by atoms with Crippen LogP contribution in [0.15, 0.2) is 16.6 Å². The highest BCUT2D eigenvalue weighted by atomic mass is 79.9. The van der Waals surface area contributed by atoms with Crippen LogP contribution < -0.4 is 0 Å². The molecule has 1 nitrogen and oxygen atoms in total. The van der Waals surface area contributed by atoms with Crippen LogP contribution in [0.2, 0.25) is 0 Å². The number of halogens is 3. The van der Waals surface area contributed by atoms with Crippen molar-refractivity contribution in [2.45, 2.75) is 38.0 Å². The third-order valence-electron chi connectivity index (χ3n) is 2.29. The first-order valence-electron chi connectivity index (χ1n) is 5.65. The molecule has 1 aromatic rings. The Morgan fingerprint density at radius 3 is 2.50 bits per heavy atom. The predicted octanol–water partition coefficient (Wildman–Crippen LogP) is 4.16. The molecule has 1 atom stereocenters. The molecule has 0 spiro atoms. The van der Waals surface area contributed by atoms with E-state index in [2.05, 4.69) is 15.9 Å². The van der Waals surface area contributed by atoms with E-state index in [0.717, 1.165) is 0 Å². The van der Waals surface area contributed by atoms with Gasteiger partial charge in [0.15, 0.2) is 0 Å². The minimum absolute atomic E-state index is 0.0137. The van der Waals surface area contributed by atoms with Crippen molar-refractivity contribution >= 4 is 27.7 Å². The standard InChI is InChI=1S/C13H17BrF2OS/c1-13(2,3)18-7-8(17)6-9-11(15)5-4-10(14)12(9)16/h4-5,8,17H,6-7H2,1-3H3. The van der Waals surface area contributed by atoms with Crippen molar-refractivity contribution in [3.8, 4) is 0 Å². The van der Waals surface area contributed by atoms with Crippen LogP contribution in [0, 0.1) is 11.6 Å². The molecule has 0 bridgehead atoms. The summed E-state index contributed by atoms with van der Waals surface area (Å²) in [5, 5.41) is 9.84. The lowest BCUT2D eigenvalue weighted by atomic mass is 10.1. The van der Waals surface area contributed by atoms with E-state index in [1.807, 2.05) is 20.8 Å². The molecular weight excluding hydrogens is 322 g/mol. The summed E-state index contributed by atoms with van der Waals surface area (Å²) < 4.78 is 27.4. The highest BCUT2D eigenvalue weighted by molar-refractivity contribution is 9.10. The van der Waals surface area contributed by atoms with Gasteiger partial charge in [0.05, 0.1) is 10.6 Å². The molecule has 1 N–H and O–H groups in total. The molecule has 1 aromatic carbocycles. The van der Waals surface area contributed by atoms with Gasteiger partial charge in [0.25, 0.3) is 0 Å². The fourth-order valence-electron chi connectivity index (χ4n) is 1.40. The van der Waals surface area contributed by atoms with Crippen LogP contribution in [-0.4, -0.2) is 21.7 Å². The van der Waals surface area contributed by atoms with Crippen LogP contribution in [0.25, 0.3) is 0 Å². The zero-order valence-corrected chi connectivity index (χ0v) is 13.0. The van der Waals surface area contributed by atoms with E-state index in [0.29, 0.717) is 5.75 Å². The van der Waals surface area contributed by atoms with Gasteiger partial charge in [0.1, 0.15) is 11.6 Å². The Kier molecular flexibility index (Phi) is 5.62. The van der Waals surface area contributed by atoms with Crippen molar-refractivity contribution in [3.05, 3.63) is 33.8 Å². The van der Waals surface area contributed by atoms with E-state index in [9.17, 15) is 13.9 Å². The van der Waals surface area contributed by atoms with Gasteiger partial charge in [0.2, 0.25) is 0 Å². The first-order chi connectivity index (χ1) is 8.20. The van der Waals surface area contributed by atoms with Crippen molar-refractivity contribution in [3.63, 3.8) is 0 Å². The third kappa shape index (κ3) is 4.86. The maximum atomic E-state index is 13.7. The Bertz CT molecular complexity index is 418. The van der Waals surface area contributed by atoms with E-state index in [1.54, 1.807) is 11.8 Å². The van der Waals surface area contributed by atoms with Crippen molar-refractivity contribution in [2.75, 3.05) is 5.75 Å². The van der Waals surface area contributed by atoms with Crippen molar-refractivity contribution in [2.24, 2.45) is 0 Å². The molecule has 0 radical (unpaired) electrons. The Balaban J connectivity index is 2.70. The molecule has 0 amide bonds. The summed E-state index contributed by atoms with van der Waals surface area (Å²) in [7, 11) is 0. The summed E-state index contributed by atoms with van der Waals surface area (Å²) in [6, 6.07) is 2.52. The lowest BCUT2D eigenvalue weighted by molar-refractivity contribution is 0.196. The maximum Gasteiger partial charge on any atom is 0.143 e. The van der Waals surface area contributed by atoms with Gasteiger partial charge in [-0.3, -0.25) is 0 Å². The molecule has 0 aliphatic carbocycles. The van der Waals surface area contributed by atoms with Crippen molar-refractivity contribution in [1.82, 2.24) is 0 Å². The molecule has 0 saturated carbocycles. The second kappa shape index (κ2) is 6.35. The second-order valence-corrected chi connectivity index (χ2v) is 7.80. The molecule has 0 fully saturated rings. The molecular formula is C13H17BrF2OS. The van der Waals surface area contributed by atoms with Crippen LogP contribution in [0.4, 0.5) is 8.78 Å². The molecule has 0 aliphatic heterocycles. The molecule has 1 rings (SSSR count). The number of aliphatic hydroxyl groups is 1. The van der Waals surface area contributed by atoms with Crippen LogP contribution in [0.3, 0.4) is 0 Å². The summed E-state index contributed by atoms with van der Waals surface area (Å²) >= 11 is 4.58. The lowest BCUT2D eigenvalue weighted by Crippen LogP contribution is -2.20. The molecule has 0 saturated heterocycles. The van der Waals surface area contributed by atoms with Crippen LogP contribution in [-0.2, 0) is 6.42 Å². The summed E-state index contributed by atoms with van der Waals surface area (Å²) in [5.41, 5.74) is -0.0635. The molecule has 0 heterocycles. The minimum Gasteiger partial charge on any atom is -0.392 e. The van der Waals surface area contributed by atoms with Gasteiger partial charge in [0, 0.05) is 22.5 Å². The number of hydrogen-bond acceptors (Lipinski definition) is 2. The van der Waals surface area contributed by atoms with Gasteiger partial charge in [-0.05, 0) is 28.1 Å². The van der Waals surface area contributed by atoms with Gasteiger partial charge >= 0.3 is 0 Å². The zero-order valence-electron chi connectivity index (χ0n) is 10.6. The number of benzene rings is 1. The average molecular weight is 339 g/mol. The highest BCUT2D eigenvalue weighted by Gasteiger charge is 2.19. The van der Waals surface area contributed by atoms with E-state index < -0.39 is 17.7 Å². The highest BCUT2D eigenvalue weighted by Crippen LogP contribution is 2.26. The fourth-order valence-corrected chi connectivity index (χ4v) is 2.58. The molecule has 1 unspecified atom stereocenters. The normalized spacial score (nSPS) is 13.7. The van der Waals surface area contributed by atoms with Crippen LogP contribution in [0.5, 0.6) is 0 Å². The van der Waals surface area contributed by atoms with Gasteiger partial charge in [-0.2, -0.15) is 11.8 Å². The fraction of sp³-hybridized carbons (Fsp3) is 0.538.